The Labute approximate surface area is 83.6 Å². The van der Waals surface area contributed by atoms with E-state index in [0.29, 0.717) is 6.10 Å². The molecule has 1 aliphatic rings. The Balaban J connectivity index is 2.30. The van der Waals surface area contributed by atoms with E-state index in [4.69, 9.17) is 14.2 Å². The lowest BCUT2D eigenvalue weighted by molar-refractivity contribution is 0.375. The normalized spacial score (nSPS) is 24.5. The molecule has 0 radical (unpaired) electrons. The molecule has 0 N–H and O–H groups in total. The van der Waals surface area contributed by atoms with E-state index < -0.39 is 0 Å². The van der Waals surface area contributed by atoms with Gasteiger partial charge < -0.3 is 14.2 Å². The minimum atomic E-state index is 0.207. The highest BCUT2D eigenvalue weighted by Crippen LogP contribution is 2.40. The van der Waals surface area contributed by atoms with Crippen LogP contribution in [-0.2, 0) is 4.74 Å². The molecule has 76 valence electrons. The van der Waals surface area contributed by atoms with Crippen LogP contribution < -0.4 is 9.47 Å². The topological polar surface area (TPSA) is 31.0 Å². The van der Waals surface area contributed by atoms with E-state index in [9.17, 15) is 0 Å². The molecule has 0 saturated carbocycles. The number of ether oxygens (including phenoxy) is 3. The summed E-state index contributed by atoms with van der Waals surface area (Å²) in [4.78, 5) is 0. The molecule has 0 spiro atoms. The third kappa shape index (κ3) is 1.68. The Morgan fingerprint density at radius 1 is 1.07 bits per heavy atom. The van der Waals surface area contributed by atoms with Gasteiger partial charge in [-0.1, -0.05) is 0 Å². The SMILES string of the molecule is COc1cc(OC)cc([C@H]2O[C@@H]2C)c1. The largest absolute Gasteiger partial charge is 0.497 e. The van der Waals surface area contributed by atoms with Gasteiger partial charge in [0.2, 0.25) is 0 Å². The average Bonchev–Trinajstić information content (AvgIpc) is 2.94. The van der Waals surface area contributed by atoms with Gasteiger partial charge >= 0.3 is 0 Å². The summed E-state index contributed by atoms with van der Waals surface area (Å²) in [6.07, 6.45) is 0.519. The minimum absolute atomic E-state index is 0.207. The van der Waals surface area contributed by atoms with Crippen LogP contribution in [0.5, 0.6) is 11.5 Å². The van der Waals surface area contributed by atoms with Gasteiger partial charge in [-0.05, 0) is 24.6 Å². The standard InChI is InChI=1S/C11H14O3/c1-7-11(14-7)8-4-9(12-2)6-10(5-8)13-3/h4-7,11H,1-3H3/t7-,11+/m1/s1. The molecule has 0 amide bonds. The Morgan fingerprint density at radius 3 is 1.93 bits per heavy atom. The molecule has 3 heteroatoms. The molecule has 1 fully saturated rings. The summed E-state index contributed by atoms with van der Waals surface area (Å²) >= 11 is 0. The van der Waals surface area contributed by atoms with Gasteiger partial charge in [-0.3, -0.25) is 0 Å². The van der Waals surface area contributed by atoms with Gasteiger partial charge in [0.15, 0.2) is 0 Å². The third-order valence-corrected chi connectivity index (χ3v) is 2.41. The van der Waals surface area contributed by atoms with Crippen LogP contribution in [0.4, 0.5) is 0 Å². The van der Waals surface area contributed by atoms with Crippen molar-refractivity contribution in [2.75, 3.05) is 14.2 Å². The van der Waals surface area contributed by atoms with Crippen LogP contribution in [0.3, 0.4) is 0 Å². The predicted octanol–water partition coefficient (Wildman–Crippen LogP) is 2.16. The first kappa shape index (κ1) is 9.34. The maximum atomic E-state index is 5.39. The fraction of sp³-hybridized carbons (Fsp3) is 0.455. The zero-order valence-corrected chi connectivity index (χ0v) is 8.61. The van der Waals surface area contributed by atoms with Crippen LogP contribution in [0, 0.1) is 0 Å². The molecule has 1 aliphatic heterocycles. The quantitative estimate of drug-likeness (QED) is 0.691. The minimum Gasteiger partial charge on any atom is -0.497 e. The lowest BCUT2D eigenvalue weighted by Gasteiger charge is -2.06. The molecule has 2 rings (SSSR count). The van der Waals surface area contributed by atoms with Crippen LogP contribution in [0.2, 0.25) is 0 Å². The van der Waals surface area contributed by atoms with E-state index in [2.05, 4.69) is 6.92 Å². The zero-order valence-electron chi connectivity index (χ0n) is 8.61. The second-order valence-electron chi connectivity index (χ2n) is 3.41. The van der Waals surface area contributed by atoms with Crippen LogP contribution in [0.25, 0.3) is 0 Å². The van der Waals surface area contributed by atoms with Crippen molar-refractivity contribution >= 4 is 0 Å². The van der Waals surface area contributed by atoms with E-state index in [-0.39, 0.29) is 6.10 Å². The molecule has 1 saturated heterocycles. The summed E-state index contributed by atoms with van der Waals surface area (Å²) < 4.78 is 15.7. The van der Waals surface area contributed by atoms with E-state index in [1.54, 1.807) is 14.2 Å². The predicted molar refractivity (Wildman–Crippen MR) is 52.8 cm³/mol. The molecule has 1 heterocycles. The maximum absolute atomic E-state index is 5.39. The Bertz CT molecular complexity index is 313. The highest BCUT2D eigenvalue weighted by Gasteiger charge is 2.36. The van der Waals surface area contributed by atoms with Gasteiger partial charge in [-0.2, -0.15) is 0 Å². The summed E-state index contributed by atoms with van der Waals surface area (Å²) in [5.74, 6) is 1.61. The Kier molecular flexibility index (Phi) is 2.33. The first-order valence-corrected chi connectivity index (χ1v) is 4.63. The molecule has 1 aromatic carbocycles. The van der Waals surface area contributed by atoms with Gasteiger partial charge in [0, 0.05) is 6.07 Å². The number of epoxide rings is 1. The average molecular weight is 194 g/mol. The molecule has 1 aromatic rings. The van der Waals surface area contributed by atoms with Crippen LogP contribution in [0.1, 0.15) is 18.6 Å². The van der Waals surface area contributed by atoms with Crippen molar-refractivity contribution in [1.29, 1.82) is 0 Å². The highest BCUT2D eigenvalue weighted by atomic mass is 16.6. The van der Waals surface area contributed by atoms with Crippen molar-refractivity contribution in [3.8, 4) is 11.5 Å². The van der Waals surface area contributed by atoms with Crippen molar-refractivity contribution in [1.82, 2.24) is 0 Å². The molecule has 0 aromatic heterocycles. The molecule has 0 aliphatic carbocycles. The van der Waals surface area contributed by atoms with Crippen molar-refractivity contribution in [2.45, 2.75) is 19.1 Å². The summed E-state index contributed by atoms with van der Waals surface area (Å²) in [5, 5.41) is 0. The van der Waals surface area contributed by atoms with Gasteiger partial charge in [-0.15, -0.1) is 0 Å². The number of methoxy groups -OCH3 is 2. The van der Waals surface area contributed by atoms with Crippen molar-refractivity contribution in [3.63, 3.8) is 0 Å². The Morgan fingerprint density at radius 2 is 1.57 bits per heavy atom. The van der Waals surface area contributed by atoms with E-state index in [1.165, 1.54) is 0 Å². The Hall–Kier alpha value is -1.22. The molecular formula is C11H14O3. The number of hydrogen-bond donors (Lipinski definition) is 0. The van der Waals surface area contributed by atoms with Gasteiger partial charge in [0.25, 0.3) is 0 Å². The molecule has 0 bridgehead atoms. The monoisotopic (exact) mass is 194 g/mol. The lowest BCUT2D eigenvalue weighted by atomic mass is 10.1. The smallest absolute Gasteiger partial charge is 0.122 e. The molecule has 2 atom stereocenters. The lowest BCUT2D eigenvalue weighted by Crippen LogP contribution is -1.91. The van der Waals surface area contributed by atoms with Crippen molar-refractivity contribution < 1.29 is 14.2 Å². The van der Waals surface area contributed by atoms with Crippen LogP contribution >= 0.6 is 0 Å². The molecule has 14 heavy (non-hydrogen) atoms. The summed E-state index contributed by atoms with van der Waals surface area (Å²) in [7, 11) is 3.30. The second kappa shape index (κ2) is 3.50. The molecular weight excluding hydrogens is 180 g/mol. The molecule has 3 nitrogen and oxygen atoms in total. The molecule has 0 unspecified atom stereocenters. The van der Waals surface area contributed by atoms with Gasteiger partial charge in [0.1, 0.15) is 17.6 Å². The number of hydrogen-bond acceptors (Lipinski definition) is 3. The fourth-order valence-corrected chi connectivity index (χ4v) is 1.53. The number of benzene rings is 1. The van der Waals surface area contributed by atoms with E-state index in [0.717, 1.165) is 17.1 Å². The third-order valence-electron chi connectivity index (χ3n) is 2.41. The van der Waals surface area contributed by atoms with Crippen molar-refractivity contribution in [2.24, 2.45) is 0 Å². The van der Waals surface area contributed by atoms with Crippen molar-refractivity contribution in [3.05, 3.63) is 23.8 Å². The van der Waals surface area contributed by atoms with E-state index in [1.807, 2.05) is 18.2 Å². The first-order valence-electron chi connectivity index (χ1n) is 4.63. The maximum Gasteiger partial charge on any atom is 0.122 e. The summed E-state index contributed by atoms with van der Waals surface area (Å²) in [6, 6.07) is 5.82. The first-order chi connectivity index (χ1) is 6.74. The summed E-state index contributed by atoms with van der Waals surface area (Å²) in [5.41, 5.74) is 1.12. The highest BCUT2D eigenvalue weighted by molar-refractivity contribution is 5.40. The van der Waals surface area contributed by atoms with Crippen LogP contribution in [-0.4, -0.2) is 20.3 Å². The van der Waals surface area contributed by atoms with E-state index >= 15 is 0 Å². The zero-order chi connectivity index (χ0) is 10.1. The summed E-state index contributed by atoms with van der Waals surface area (Å²) in [6.45, 7) is 2.05. The second-order valence-corrected chi connectivity index (χ2v) is 3.41. The fourth-order valence-electron chi connectivity index (χ4n) is 1.53. The number of rotatable bonds is 3. The van der Waals surface area contributed by atoms with Gasteiger partial charge in [0.05, 0.1) is 20.3 Å². The van der Waals surface area contributed by atoms with Crippen LogP contribution in [0.15, 0.2) is 18.2 Å². The van der Waals surface area contributed by atoms with Gasteiger partial charge in [-0.25, -0.2) is 0 Å².